The van der Waals surface area contributed by atoms with Gasteiger partial charge in [-0.05, 0) is 72.5 Å². The Morgan fingerprint density at radius 3 is 2.57 bits per heavy atom. The van der Waals surface area contributed by atoms with Crippen LogP contribution in [-0.2, 0) is 4.79 Å². The molecule has 1 aromatic heterocycles. The van der Waals surface area contributed by atoms with Gasteiger partial charge in [-0.15, -0.1) is 0 Å². The largest absolute Gasteiger partial charge is 0.431 e. The van der Waals surface area contributed by atoms with Crippen LogP contribution < -0.4 is 15.0 Å². The van der Waals surface area contributed by atoms with Crippen LogP contribution in [0.4, 0.5) is 20.2 Å². The molecule has 1 N–H and O–H groups in total. The number of anilines is 2. The number of carbonyl (C=O) groups excluding carboxylic acids is 1. The summed E-state index contributed by atoms with van der Waals surface area (Å²) in [4.78, 5) is 14.4. The van der Waals surface area contributed by atoms with E-state index in [1.54, 1.807) is 40.9 Å². The number of rotatable bonds is 6. The minimum absolute atomic E-state index is 0.0463. The first kappa shape index (κ1) is 24.5. The molecule has 0 spiro atoms. The monoisotopic (exact) mass is 502 g/mol. The van der Waals surface area contributed by atoms with E-state index in [4.69, 9.17) is 4.74 Å². The lowest BCUT2D eigenvalue weighted by molar-refractivity contribution is -0.158. The van der Waals surface area contributed by atoms with Gasteiger partial charge in [0.25, 0.3) is 0 Å². The first-order valence-electron chi connectivity index (χ1n) is 12.2. The number of benzene rings is 3. The third kappa shape index (κ3) is 5.18. The third-order valence-corrected chi connectivity index (χ3v) is 6.47. The number of nitrogens with one attached hydrogen (secondary N) is 1. The summed E-state index contributed by atoms with van der Waals surface area (Å²) in [5.41, 5.74) is 5.08. The Hall–Kier alpha value is -4.20. The van der Waals surface area contributed by atoms with Gasteiger partial charge in [0.2, 0.25) is 5.91 Å². The summed E-state index contributed by atoms with van der Waals surface area (Å²) < 4.78 is 34.1. The van der Waals surface area contributed by atoms with E-state index >= 15 is 0 Å². The Labute approximate surface area is 214 Å². The number of ether oxygens (including phenoxy) is 1. The van der Waals surface area contributed by atoms with Gasteiger partial charge >= 0.3 is 6.11 Å². The Balaban J connectivity index is 1.56. The molecule has 3 aromatic carbocycles. The normalized spacial score (nSPS) is 17.3. The van der Waals surface area contributed by atoms with E-state index in [9.17, 15) is 13.6 Å². The maximum absolute atomic E-state index is 13.7. The van der Waals surface area contributed by atoms with Crippen LogP contribution in [0.5, 0.6) is 5.75 Å². The minimum Gasteiger partial charge on any atom is -0.431 e. The molecule has 0 radical (unpaired) electrons. The van der Waals surface area contributed by atoms with E-state index in [0.717, 1.165) is 35.0 Å². The zero-order valence-corrected chi connectivity index (χ0v) is 20.9. The highest BCUT2D eigenvalue weighted by Gasteiger charge is 2.33. The first-order chi connectivity index (χ1) is 17.7. The molecular formula is C29H28F2N4O2. The average molecular weight is 503 g/mol. The quantitative estimate of drug-likeness (QED) is 0.314. The van der Waals surface area contributed by atoms with Crippen molar-refractivity contribution in [2.75, 3.05) is 10.2 Å². The first-order valence-corrected chi connectivity index (χ1v) is 12.2. The lowest BCUT2D eigenvalue weighted by Gasteiger charge is -2.40. The molecule has 1 aliphatic heterocycles. The number of nitrogens with zero attached hydrogens (tertiary/aromatic N) is 3. The fraction of sp³-hybridized carbons (Fsp3) is 0.241. The highest BCUT2D eigenvalue weighted by atomic mass is 19.3. The van der Waals surface area contributed by atoms with Crippen LogP contribution in [0.3, 0.4) is 0 Å². The van der Waals surface area contributed by atoms with E-state index in [1.165, 1.54) is 6.07 Å². The van der Waals surface area contributed by atoms with Crippen molar-refractivity contribution >= 4 is 17.3 Å². The van der Waals surface area contributed by atoms with Crippen molar-refractivity contribution in [1.82, 2.24) is 9.78 Å². The molecule has 4 aromatic rings. The maximum atomic E-state index is 13.7. The second-order valence-electron chi connectivity index (χ2n) is 9.35. The van der Waals surface area contributed by atoms with Crippen LogP contribution in [0, 0.1) is 0 Å². The molecule has 1 aliphatic rings. The Morgan fingerprint density at radius 2 is 1.84 bits per heavy atom. The van der Waals surface area contributed by atoms with Gasteiger partial charge in [-0.1, -0.05) is 30.3 Å². The van der Waals surface area contributed by atoms with E-state index < -0.39 is 6.11 Å². The van der Waals surface area contributed by atoms with Crippen molar-refractivity contribution in [3.05, 3.63) is 90.8 Å². The lowest BCUT2D eigenvalue weighted by Crippen LogP contribution is -2.43. The Morgan fingerprint density at radius 1 is 1.05 bits per heavy atom. The molecule has 2 atom stereocenters. The van der Waals surface area contributed by atoms with Crippen molar-refractivity contribution < 1.29 is 18.3 Å². The molecule has 0 bridgehead atoms. The van der Waals surface area contributed by atoms with Gasteiger partial charge in [0.15, 0.2) is 0 Å². The molecule has 5 rings (SSSR count). The van der Waals surface area contributed by atoms with E-state index in [0.29, 0.717) is 12.1 Å². The van der Waals surface area contributed by atoms with Gasteiger partial charge in [0, 0.05) is 38.0 Å². The van der Waals surface area contributed by atoms with Gasteiger partial charge in [-0.2, -0.15) is 13.9 Å². The molecule has 6 nitrogen and oxygen atoms in total. The number of amides is 1. The summed E-state index contributed by atoms with van der Waals surface area (Å²) >= 11 is 0. The molecule has 2 heterocycles. The summed E-state index contributed by atoms with van der Waals surface area (Å²) in [7, 11) is 0. The smallest absolute Gasteiger partial charge is 0.394 e. The SMILES string of the molecule is CC(=O)N1c2ccc(-c3cccc(-n4cccn4)c3)cc2[C@H](Nc2ccccc2OC(C)(F)F)C[C@@H]1C. The van der Waals surface area contributed by atoms with E-state index in [1.807, 2.05) is 49.5 Å². The highest BCUT2D eigenvalue weighted by molar-refractivity contribution is 5.94. The van der Waals surface area contributed by atoms with Crippen molar-refractivity contribution in [3.8, 4) is 22.6 Å². The van der Waals surface area contributed by atoms with Crippen LogP contribution in [0.2, 0.25) is 0 Å². The predicted molar refractivity (Wildman–Crippen MR) is 140 cm³/mol. The average Bonchev–Trinajstić information content (AvgIpc) is 3.39. The summed E-state index contributed by atoms with van der Waals surface area (Å²) in [6, 6.07) is 22.3. The van der Waals surface area contributed by atoms with Gasteiger partial charge in [0.1, 0.15) is 5.75 Å². The number of hydrogen-bond donors (Lipinski definition) is 1. The van der Waals surface area contributed by atoms with Crippen molar-refractivity contribution in [3.63, 3.8) is 0 Å². The maximum Gasteiger partial charge on any atom is 0.394 e. The van der Waals surface area contributed by atoms with E-state index in [-0.39, 0.29) is 23.7 Å². The number of hydrogen-bond acceptors (Lipinski definition) is 4. The fourth-order valence-electron chi connectivity index (χ4n) is 4.97. The molecule has 37 heavy (non-hydrogen) atoms. The van der Waals surface area contributed by atoms with Gasteiger partial charge in [0.05, 0.1) is 17.4 Å². The summed E-state index contributed by atoms with van der Waals surface area (Å²) in [6.07, 6.45) is 0.903. The highest BCUT2D eigenvalue weighted by Crippen LogP contribution is 2.42. The zero-order valence-electron chi connectivity index (χ0n) is 20.9. The second kappa shape index (κ2) is 9.69. The van der Waals surface area contributed by atoms with Crippen LogP contribution in [0.25, 0.3) is 16.8 Å². The molecule has 190 valence electrons. The zero-order chi connectivity index (χ0) is 26.2. The number of alkyl halides is 2. The number of aromatic nitrogens is 2. The molecule has 1 amide bonds. The second-order valence-corrected chi connectivity index (χ2v) is 9.35. The molecule has 0 fully saturated rings. The van der Waals surface area contributed by atoms with Gasteiger partial charge in [-0.25, -0.2) is 4.68 Å². The number of carbonyl (C=O) groups is 1. The van der Waals surface area contributed by atoms with Crippen molar-refractivity contribution in [1.29, 1.82) is 0 Å². The summed E-state index contributed by atoms with van der Waals surface area (Å²) in [5.74, 6) is 0.0243. The topological polar surface area (TPSA) is 59.4 Å². The molecule has 0 unspecified atom stereocenters. The molecular weight excluding hydrogens is 474 g/mol. The minimum atomic E-state index is -3.31. The summed E-state index contributed by atoms with van der Waals surface area (Å²) in [5, 5.41) is 7.74. The van der Waals surface area contributed by atoms with Crippen LogP contribution in [-0.4, -0.2) is 27.8 Å². The number of fused-ring (bicyclic) bond motifs is 1. The van der Waals surface area contributed by atoms with Crippen LogP contribution >= 0.6 is 0 Å². The van der Waals surface area contributed by atoms with Crippen LogP contribution in [0.15, 0.2) is 85.2 Å². The fourth-order valence-corrected chi connectivity index (χ4v) is 4.97. The Bertz CT molecular complexity index is 1420. The van der Waals surface area contributed by atoms with Crippen molar-refractivity contribution in [2.24, 2.45) is 0 Å². The molecule has 0 saturated heterocycles. The molecule has 0 aliphatic carbocycles. The van der Waals surface area contributed by atoms with E-state index in [2.05, 4.69) is 22.5 Å². The van der Waals surface area contributed by atoms with Gasteiger partial charge in [-0.3, -0.25) is 4.79 Å². The molecule has 0 saturated carbocycles. The van der Waals surface area contributed by atoms with Crippen molar-refractivity contribution in [2.45, 2.75) is 45.4 Å². The molecule has 8 heteroatoms. The van der Waals surface area contributed by atoms with Gasteiger partial charge < -0.3 is 15.0 Å². The van der Waals surface area contributed by atoms with Crippen LogP contribution in [0.1, 0.15) is 38.8 Å². The predicted octanol–water partition coefficient (Wildman–Crippen LogP) is 6.83. The number of para-hydroxylation sites is 2. The standard InChI is InChI=1S/C29H28F2N4O2/c1-19-16-26(33-25-10-4-5-11-28(25)37-29(3,30)31)24-18-22(12-13-27(24)35(19)20(2)36)21-8-6-9-23(17-21)34-15-7-14-32-34/h4-15,17-19,26,33H,16H2,1-3H3/t19-,26+/m0/s1. The lowest BCUT2D eigenvalue weighted by atomic mass is 9.88. The summed E-state index contributed by atoms with van der Waals surface area (Å²) in [6.45, 7) is 4.27. The Kier molecular flexibility index (Phi) is 6.41. The number of halogens is 2. The third-order valence-electron chi connectivity index (χ3n) is 6.47.